The van der Waals surface area contributed by atoms with E-state index in [9.17, 15) is 22.8 Å². The normalized spacial score (nSPS) is 12.5. The number of nitrogens with one attached hydrogen (secondary N) is 2. The van der Waals surface area contributed by atoms with Crippen LogP contribution in [0.4, 0.5) is 18.0 Å². The summed E-state index contributed by atoms with van der Waals surface area (Å²) in [5.74, 6) is -1.06. The van der Waals surface area contributed by atoms with Crippen molar-refractivity contribution in [2.75, 3.05) is 13.1 Å². The Kier molecular flexibility index (Phi) is 7.54. The van der Waals surface area contributed by atoms with Crippen LogP contribution in [0.5, 0.6) is 0 Å². The molecule has 0 saturated carbocycles. The fourth-order valence-corrected chi connectivity index (χ4v) is 2.09. The summed E-state index contributed by atoms with van der Waals surface area (Å²) in [5, 5.41) is 13.6. The Morgan fingerprint density at radius 3 is 2.50 bits per heavy atom. The Hall–Kier alpha value is -2.25. The average molecular weight is 346 g/mol. The number of rotatable bonds is 8. The minimum atomic E-state index is -4.37. The Bertz CT molecular complexity index is 562. The monoisotopic (exact) mass is 346 g/mol. The molecule has 0 aliphatic heterocycles. The second kappa shape index (κ2) is 9.14. The van der Waals surface area contributed by atoms with Crippen molar-refractivity contribution in [3.63, 3.8) is 0 Å². The van der Waals surface area contributed by atoms with Gasteiger partial charge in [-0.15, -0.1) is 0 Å². The Morgan fingerprint density at radius 2 is 1.88 bits per heavy atom. The van der Waals surface area contributed by atoms with Crippen molar-refractivity contribution in [3.05, 3.63) is 35.4 Å². The molecule has 24 heavy (non-hydrogen) atoms. The maximum atomic E-state index is 12.7. The molecule has 1 aromatic carbocycles. The zero-order valence-corrected chi connectivity index (χ0v) is 13.3. The van der Waals surface area contributed by atoms with E-state index in [1.807, 2.05) is 0 Å². The molecule has 0 bridgehead atoms. The molecule has 0 aromatic heterocycles. The Balaban J connectivity index is 2.35. The van der Waals surface area contributed by atoms with Gasteiger partial charge in [0.15, 0.2) is 0 Å². The quantitative estimate of drug-likeness (QED) is 0.632. The molecule has 0 aliphatic carbocycles. The molecular weight excluding hydrogens is 325 g/mol. The second-order valence-electron chi connectivity index (χ2n) is 5.49. The zero-order chi connectivity index (χ0) is 18.2. The van der Waals surface area contributed by atoms with Crippen LogP contribution in [0.1, 0.15) is 43.2 Å². The minimum absolute atomic E-state index is 0.0210. The number of hydrogen-bond donors (Lipinski definition) is 3. The number of carboxylic acid groups (broad SMARTS) is 1. The van der Waals surface area contributed by atoms with E-state index in [0.717, 1.165) is 12.1 Å². The van der Waals surface area contributed by atoms with Crippen LogP contribution >= 0.6 is 0 Å². The van der Waals surface area contributed by atoms with Gasteiger partial charge in [0.1, 0.15) is 0 Å². The summed E-state index contributed by atoms with van der Waals surface area (Å²) in [6, 6.07) is 4.73. The molecule has 2 amide bonds. The molecule has 0 aliphatic rings. The molecule has 5 nitrogen and oxygen atoms in total. The zero-order valence-electron chi connectivity index (χ0n) is 13.3. The third kappa shape index (κ3) is 7.34. The van der Waals surface area contributed by atoms with Gasteiger partial charge in [-0.25, -0.2) is 4.79 Å². The number of aliphatic carboxylic acids is 1. The molecule has 8 heteroatoms. The summed E-state index contributed by atoms with van der Waals surface area (Å²) >= 11 is 0. The van der Waals surface area contributed by atoms with Crippen molar-refractivity contribution in [1.29, 1.82) is 0 Å². The van der Waals surface area contributed by atoms with Crippen LogP contribution in [-0.2, 0) is 11.0 Å². The van der Waals surface area contributed by atoms with Gasteiger partial charge >= 0.3 is 18.2 Å². The smallest absolute Gasteiger partial charge is 0.416 e. The lowest BCUT2D eigenvalue weighted by Gasteiger charge is -2.15. The Labute approximate surface area is 138 Å². The van der Waals surface area contributed by atoms with Crippen LogP contribution < -0.4 is 10.6 Å². The number of carbonyl (C=O) groups is 2. The number of benzene rings is 1. The SMILES string of the molecule is CC(CCNC(=O)NCCCC(=O)O)c1cccc(C(F)(F)F)c1. The highest BCUT2D eigenvalue weighted by Gasteiger charge is 2.30. The van der Waals surface area contributed by atoms with Crippen molar-refractivity contribution in [2.45, 2.75) is 38.3 Å². The van der Waals surface area contributed by atoms with Crippen LogP contribution in [0.3, 0.4) is 0 Å². The molecule has 0 heterocycles. The van der Waals surface area contributed by atoms with E-state index in [-0.39, 0.29) is 18.9 Å². The summed E-state index contributed by atoms with van der Waals surface area (Å²) in [7, 11) is 0. The first-order chi connectivity index (χ1) is 11.2. The largest absolute Gasteiger partial charge is 0.481 e. The molecule has 134 valence electrons. The molecule has 0 radical (unpaired) electrons. The lowest BCUT2D eigenvalue weighted by atomic mass is 9.96. The standard InChI is InChI=1S/C16H21F3N2O3/c1-11(12-4-2-5-13(10-12)16(17,18)19)7-9-21-15(24)20-8-3-6-14(22)23/h2,4-5,10-11H,3,6-9H2,1H3,(H,22,23)(H2,20,21,24). The molecule has 1 rings (SSSR count). The highest BCUT2D eigenvalue weighted by Crippen LogP contribution is 2.31. The maximum Gasteiger partial charge on any atom is 0.416 e. The van der Waals surface area contributed by atoms with E-state index in [2.05, 4.69) is 10.6 Å². The number of hydrogen-bond acceptors (Lipinski definition) is 2. The van der Waals surface area contributed by atoms with Gasteiger partial charge in [-0.05, 0) is 30.4 Å². The summed E-state index contributed by atoms with van der Waals surface area (Å²) in [6.45, 7) is 2.35. The third-order valence-corrected chi connectivity index (χ3v) is 3.50. The van der Waals surface area contributed by atoms with Gasteiger partial charge in [-0.3, -0.25) is 4.79 Å². The number of amides is 2. The van der Waals surface area contributed by atoms with E-state index in [0.29, 0.717) is 24.9 Å². The van der Waals surface area contributed by atoms with E-state index in [1.165, 1.54) is 6.07 Å². The lowest BCUT2D eigenvalue weighted by Crippen LogP contribution is -2.37. The van der Waals surface area contributed by atoms with Crippen LogP contribution in [-0.4, -0.2) is 30.2 Å². The molecule has 0 saturated heterocycles. The number of urea groups is 1. The van der Waals surface area contributed by atoms with Crippen LogP contribution in [0.2, 0.25) is 0 Å². The Morgan fingerprint density at radius 1 is 1.21 bits per heavy atom. The average Bonchev–Trinajstić information content (AvgIpc) is 2.50. The van der Waals surface area contributed by atoms with Gasteiger partial charge in [0.2, 0.25) is 0 Å². The fourth-order valence-electron chi connectivity index (χ4n) is 2.09. The first kappa shape index (κ1) is 19.8. The topological polar surface area (TPSA) is 78.4 Å². The predicted molar refractivity (Wildman–Crippen MR) is 82.7 cm³/mol. The predicted octanol–water partition coefficient (Wildman–Crippen LogP) is 3.36. The summed E-state index contributed by atoms with van der Waals surface area (Å²) in [5.41, 5.74) is -0.121. The molecular formula is C16H21F3N2O3. The maximum absolute atomic E-state index is 12.7. The molecule has 0 spiro atoms. The van der Waals surface area contributed by atoms with Gasteiger partial charge in [-0.2, -0.15) is 13.2 Å². The van der Waals surface area contributed by atoms with E-state index < -0.39 is 23.7 Å². The first-order valence-electron chi connectivity index (χ1n) is 7.61. The van der Waals surface area contributed by atoms with Gasteiger partial charge in [-0.1, -0.05) is 25.1 Å². The summed E-state index contributed by atoms with van der Waals surface area (Å²) < 4.78 is 38.1. The lowest BCUT2D eigenvalue weighted by molar-refractivity contribution is -0.138. The highest BCUT2D eigenvalue weighted by atomic mass is 19.4. The van der Waals surface area contributed by atoms with E-state index >= 15 is 0 Å². The molecule has 3 N–H and O–H groups in total. The fraction of sp³-hybridized carbons (Fsp3) is 0.500. The van der Waals surface area contributed by atoms with E-state index in [1.54, 1.807) is 13.0 Å². The molecule has 1 atom stereocenters. The second-order valence-corrected chi connectivity index (χ2v) is 5.49. The van der Waals surface area contributed by atoms with Gasteiger partial charge < -0.3 is 15.7 Å². The van der Waals surface area contributed by atoms with Crippen molar-refractivity contribution < 1.29 is 27.9 Å². The molecule has 1 aromatic rings. The van der Waals surface area contributed by atoms with Crippen molar-refractivity contribution >= 4 is 12.0 Å². The number of carboxylic acids is 1. The van der Waals surface area contributed by atoms with Crippen LogP contribution in [0.15, 0.2) is 24.3 Å². The van der Waals surface area contributed by atoms with Crippen molar-refractivity contribution in [1.82, 2.24) is 10.6 Å². The first-order valence-corrected chi connectivity index (χ1v) is 7.61. The molecule has 0 fully saturated rings. The van der Waals surface area contributed by atoms with Crippen LogP contribution in [0, 0.1) is 0 Å². The number of halogens is 3. The number of alkyl halides is 3. The summed E-state index contributed by atoms with van der Waals surface area (Å²) in [6.07, 6.45) is -3.57. The summed E-state index contributed by atoms with van der Waals surface area (Å²) in [4.78, 5) is 21.8. The highest BCUT2D eigenvalue weighted by molar-refractivity contribution is 5.73. The van der Waals surface area contributed by atoms with Crippen molar-refractivity contribution in [3.8, 4) is 0 Å². The molecule has 1 unspecified atom stereocenters. The van der Waals surface area contributed by atoms with Gasteiger partial charge in [0.25, 0.3) is 0 Å². The van der Waals surface area contributed by atoms with Gasteiger partial charge in [0.05, 0.1) is 5.56 Å². The minimum Gasteiger partial charge on any atom is -0.481 e. The number of carbonyl (C=O) groups excluding carboxylic acids is 1. The van der Waals surface area contributed by atoms with Gasteiger partial charge in [0, 0.05) is 19.5 Å². The van der Waals surface area contributed by atoms with Crippen LogP contribution in [0.25, 0.3) is 0 Å². The van der Waals surface area contributed by atoms with E-state index in [4.69, 9.17) is 5.11 Å². The third-order valence-electron chi connectivity index (χ3n) is 3.50. The van der Waals surface area contributed by atoms with Crippen molar-refractivity contribution in [2.24, 2.45) is 0 Å².